The number of carbonyl (C=O) groups excluding carboxylic acids is 1. The number of benzene rings is 1. The van der Waals surface area contributed by atoms with Crippen molar-refractivity contribution in [3.05, 3.63) is 53.3 Å². The molecule has 2 heterocycles. The molecule has 2 aromatic heterocycles. The van der Waals surface area contributed by atoms with E-state index in [-0.39, 0.29) is 5.78 Å². The Kier molecular flexibility index (Phi) is 5.38. The van der Waals surface area contributed by atoms with Crippen LogP contribution in [0.25, 0.3) is 11.6 Å². The van der Waals surface area contributed by atoms with Crippen LogP contribution in [-0.4, -0.2) is 26.3 Å². The summed E-state index contributed by atoms with van der Waals surface area (Å²) in [5.74, 6) is 1.78. The molecule has 5 nitrogen and oxygen atoms in total. The second kappa shape index (κ2) is 7.70. The number of aromatic nitrogens is 3. The van der Waals surface area contributed by atoms with E-state index in [1.165, 1.54) is 17.3 Å². The summed E-state index contributed by atoms with van der Waals surface area (Å²) in [6.07, 6.45) is 3.38. The first-order valence-corrected chi connectivity index (χ1v) is 9.33. The molecule has 0 spiro atoms. The average molecular weight is 355 g/mol. The van der Waals surface area contributed by atoms with Crippen LogP contribution in [0.15, 0.2) is 46.2 Å². The molecule has 3 aromatic rings. The molecular formula is C19H21N3O2S. The molecule has 0 bridgehead atoms. The van der Waals surface area contributed by atoms with Crippen LogP contribution < -0.4 is 0 Å². The largest absolute Gasteiger partial charge is 0.461 e. The van der Waals surface area contributed by atoms with Gasteiger partial charge in [0.2, 0.25) is 0 Å². The van der Waals surface area contributed by atoms with Gasteiger partial charge in [-0.05, 0) is 42.2 Å². The zero-order valence-corrected chi connectivity index (χ0v) is 15.5. The number of furan rings is 1. The second-order valence-electron chi connectivity index (χ2n) is 5.75. The number of nitrogens with zero attached hydrogens (tertiary/aromatic N) is 3. The number of thioether (sulfide) groups is 1. The van der Waals surface area contributed by atoms with Gasteiger partial charge in [0.1, 0.15) is 0 Å². The molecule has 0 amide bonds. The van der Waals surface area contributed by atoms with Crippen molar-refractivity contribution in [3.63, 3.8) is 0 Å². The highest BCUT2D eigenvalue weighted by Crippen LogP contribution is 2.24. The summed E-state index contributed by atoms with van der Waals surface area (Å²) in [6, 6.07) is 9.84. The molecule has 25 heavy (non-hydrogen) atoms. The molecule has 0 aliphatic carbocycles. The van der Waals surface area contributed by atoms with Crippen molar-refractivity contribution >= 4 is 17.5 Å². The van der Waals surface area contributed by atoms with Crippen molar-refractivity contribution in [1.82, 2.24) is 14.8 Å². The summed E-state index contributed by atoms with van der Waals surface area (Å²) in [5, 5.41) is 9.03. The summed E-state index contributed by atoms with van der Waals surface area (Å²) < 4.78 is 7.21. The normalized spacial score (nSPS) is 11.0. The maximum Gasteiger partial charge on any atom is 0.200 e. The van der Waals surface area contributed by atoms with Crippen molar-refractivity contribution < 1.29 is 9.21 Å². The van der Waals surface area contributed by atoms with Gasteiger partial charge in [0, 0.05) is 12.6 Å². The van der Waals surface area contributed by atoms with Crippen LogP contribution in [0.4, 0.5) is 0 Å². The van der Waals surface area contributed by atoms with Gasteiger partial charge in [0.25, 0.3) is 0 Å². The minimum Gasteiger partial charge on any atom is -0.461 e. The van der Waals surface area contributed by atoms with E-state index in [2.05, 4.69) is 36.2 Å². The van der Waals surface area contributed by atoms with E-state index < -0.39 is 0 Å². The molecule has 0 atom stereocenters. The number of ketones is 1. The maximum atomic E-state index is 12.7. The molecule has 0 saturated carbocycles. The molecule has 6 heteroatoms. The quantitative estimate of drug-likeness (QED) is 0.470. The Morgan fingerprint density at radius 2 is 2.04 bits per heavy atom. The summed E-state index contributed by atoms with van der Waals surface area (Å²) in [7, 11) is 1.87. The fourth-order valence-corrected chi connectivity index (χ4v) is 3.47. The molecular weight excluding hydrogens is 334 g/mol. The number of hydrogen-bond donors (Lipinski definition) is 0. The third kappa shape index (κ3) is 3.69. The lowest BCUT2D eigenvalue weighted by atomic mass is 9.98. The Bertz CT molecular complexity index is 869. The van der Waals surface area contributed by atoms with Crippen molar-refractivity contribution in [1.29, 1.82) is 0 Å². The fraction of sp³-hybridized carbons (Fsp3) is 0.316. The SMILES string of the molecule is CCc1ccc(CC)c(C(=O)CSc2nnc(-c3ccco3)n2C)c1. The molecule has 0 fully saturated rings. The Labute approximate surface area is 151 Å². The lowest BCUT2D eigenvalue weighted by Crippen LogP contribution is -2.08. The monoisotopic (exact) mass is 355 g/mol. The van der Waals surface area contributed by atoms with Gasteiger partial charge in [0.15, 0.2) is 22.5 Å². The van der Waals surface area contributed by atoms with Crippen molar-refractivity contribution in [2.45, 2.75) is 31.8 Å². The zero-order valence-electron chi connectivity index (χ0n) is 14.7. The van der Waals surface area contributed by atoms with E-state index in [1.807, 2.05) is 29.8 Å². The lowest BCUT2D eigenvalue weighted by Gasteiger charge is -2.09. The summed E-state index contributed by atoms with van der Waals surface area (Å²) in [6.45, 7) is 4.17. The van der Waals surface area contributed by atoms with Crippen LogP contribution in [0, 0.1) is 0 Å². The van der Waals surface area contributed by atoms with Gasteiger partial charge < -0.3 is 8.98 Å². The molecule has 3 rings (SSSR count). The number of aryl methyl sites for hydroxylation is 2. The molecule has 0 unspecified atom stereocenters. The Hall–Kier alpha value is -2.34. The van der Waals surface area contributed by atoms with Gasteiger partial charge in [-0.1, -0.05) is 37.7 Å². The third-order valence-electron chi connectivity index (χ3n) is 4.17. The smallest absolute Gasteiger partial charge is 0.200 e. The minimum atomic E-state index is 0.125. The van der Waals surface area contributed by atoms with Crippen molar-refractivity contribution in [2.75, 3.05) is 5.75 Å². The van der Waals surface area contributed by atoms with E-state index in [0.29, 0.717) is 22.5 Å². The number of carbonyl (C=O) groups is 1. The second-order valence-corrected chi connectivity index (χ2v) is 6.70. The van der Waals surface area contributed by atoms with Crippen LogP contribution in [0.2, 0.25) is 0 Å². The molecule has 1 aromatic carbocycles. The molecule has 130 valence electrons. The third-order valence-corrected chi connectivity index (χ3v) is 5.19. The summed E-state index contributed by atoms with van der Waals surface area (Å²) in [4.78, 5) is 12.7. The molecule has 0 radical (unpaired) electrons. The highest BCUT2D eigenvalue weighted by atomic mass is 32.2. The van der Waals surface area contributed by atoms with Crippen LogP contribution in [0.3, 0.4) is 0 Å². The summed E-state index contributed by atoms with van der Waals surface area (Å²) in [5.41, 5.74) is 3.10. The average Bonchev–Trinajstić information content (AvgIpc) is 3.28. The van der Waals surface area contributed by atoms with Gasteiger partial charge in [-0.2, -0.15) is 0 Å². The first-order chi connectivity index (χ1) is 12.1. The number of Topliss-reactive ketones (excluding diaryl/α,β-unsaturated/α-hetero) is 1. The Balaban J connectivity index is 1.75. The van der Waals surface area contributed by atoms with E-state index in [0.717, 1.165) is 24.0 Å². The number of hydrogen-bond acceptors (Lipinski definition) is 5. The van der Waals surface area contributed by atoms with Gasteiger partial charge >= 0.3 is 0 Å². The van der Waals surface area contributed by atoms with Gasteiger partial charge in [-0.15, -0.1) is 10.2 Å². The zero-order chi connectivity index (χ0) is 17.8. The van der Waals surface area contributed by atoms with Crippen LogP contribution in [0.5, 0.6) is 0 Å². The van der Waals surface area contributed by atoms with E-state index in [4.69, 9.17) is 4.42 Å². The highest BCUT2D eigenvalue weighted by Gasteiger charge is 2.16. The Morgan fingerprint density at radius 3 is 2.72 bits per heavy atom. The highest BCUT2D eigenvalue weighted by molar-refractivity contribution is 7.99. The van der Waals surface area contributed by atoms with Crippen molar-refractivity contribution in [3.8, 4) is 11.6 Å². The van der Waals surface area contributed by atoms with Crippen LogP contribution >= 0.6 is 11.8 Å². The molecule has 0 aliphatic heterocycles. The minimum absolute atomic E-state index is 0.125. The van der Waals surface area contributed by atoms with Crippen LogP contribution in [-0.2, 0) is 19.9 Å². The fourth-order valence-electron chi connectivity index (χ4n) is 2.68. The first-order valence-electron chi connectivity index (χ1n) is 8.35. The van der Waals surface area contributed by atoms with Gasteiger partial charge in [-0.3, -0.25) is 4.79 Å². The lowest BCUT2D eigenvalue weighted by molar-refractivity contribution is 0.102. The van der Waals surface area contributed by atoms with Crippen LogP contribution in [0.1, 0.15) is 35.3 Å². The van der Waals surface area contributed by atoms with E-state index >= 15 is 0 Å². The topological polar surface area (TPSA) is 60.9 Å². The number of rotatable bonds is 7. The Morgan fingerprint density at radius 1 is 1.20 bits per heavy atom. The van der Waals surface area contributed by atoms with Crippen molar-refractivity contribution in [2.24, 2.45) is 7.05 Å². The maximum absolute atomic E-state index is 12.7. The molecule has 0 aliphatic rings. The van der Waals surface area contributed by atoms with Gasteiger partial charge in [-0.25, -0.2) is 0 Å². The predicted molar refractivity (Wildman–Crippen MR) is 99.0 cm³/mol. The first kappa shape index (κ1) is 17.5. The molecule has 0 N–H and O–H groups in total. The predicted octanol–water partition coefficient (Wildman–Crippen LogP) is 4.17. The van der Waals surface area contributed by atoms with Gasteiger partial charge in [0.05, 0.1) is 12.0 Å². The standard InChI is InChI=1S/C19H21N3O2S/c1-4-13-8-9-14(5-2)15(11-13)16(23)12-25-19-21-20-18(22(19)3)17-7-6-10-24-17/h6-11H,4-5,12H2,1-3H3. The van der Waals surface area contributed by atoms with E-state index in [1.54, 1.807) is 6.26 Å². The van der Waals surface area contributed by atoms with E-state index in [9.17, 15) is 4.79 Å². The summed E-state index contributed by atoms with van der Waals surface area (Å²) >= 11 is 1.40. The molecule has 0 saturated heterocycles.